The molecule has 0 unspecified atom stereocenters. The van der Waals surface area contributed by atoms with E-state index in [0.29, 0.717) is 11.8 Å². The summed E-state index contributed by atoms with van der Waals surface area (Å²) in [4.78, 5) is 0. The van der Waals surface area contributed by atoms with Gasteiger partial charge in [0.15, 0.2) is 0 Å². The van der Waals surface area contributed by atoms with Crippen molar-refractivity contribution in [1.29, 1.82) is 0 Å². The maximum atomic E-state index is 2.41. The number of rotatable bonds is 0. The Morgan fingerprint density at radius 3 is 1.57 bits per heavy atom. The molecule has 4 aliphatic rings. The lowest BCUT2D eigenvalue weighted by atomic mass is 9.55. The Morgan fingerprint density at radius 2 is 1.14 bits per heavy atom. The van der Waals surface area contributed by atoms with E-state index in [0.717, 1.165) is 11.8 Å². The van der Waals surface area contributed by atoms with Crippen LogP contribution in [-0.2, 0) is 0 Å². The number of hydrogen-bond donors (Lipinski definition) is 0. The number of benzene rings is 1. The normalized spacial score (nSPS) is 40.3. The maximum absolute atomic E-state index is 2.41. The first-order valence-corrected chi connectivity index (χ1v) is 5.40. The number of allylic oxidation sites excluding steroid dienone is 4. The van der Waals surface area contributed by atoms with Gasteiger partial charge in [0.1, 0.15) is 0 Å². The molecular weight excluding hydrogens is 168 g/mol. The van der Waals surface area contributed by atoms with E-state index >= 15 is 0 Å². The van der Waals surface area contributed by atoms with E-state index in [1.54, 1.807) is 11.1 Å². The molecular formula is C14H12. The van der Waals surface area contributed by atoms with Crippen molar-refractivity contribution in [2.24, 2.45) is 11.8 Å². The molecule has 4 aliphatic carbocycles. The van der Waals surface area contributed by atoms with Crippen LogP contribution in [0.2, 0.25) is 0 Å². The molecule has 1 aromatic carbocycles. The Bertz CT molecular complexity index is 412. The molecule has 4 atom stereocenters. The van der Waals surface area contributed by atoms with Gasteiger partial charge in [-0.15, -0.1) is 0 Å². The largest absolute Gasteiger partial charge is 0.0835 e. The summed E-state index contributed by atoms with van der Waals surface area (Å²) in [6.07, 6.45) is 9.61. The molecule has 0 radical (unpaired) electrons. The molecule has 0 fully saturated rings. The highest BCUT2D eigenvalue weighted by Crippen LogP contribution is 2.56. The first-order chi connectivity index (χ1) is 6.95. The standard InChI is InChI=1S/C14H12/c1-2-4-10-9(3-1)11-5-6-12(10)14-8-7-13(11)14/h1-8,11-14H/t11-,12-,13-,14-/m0/s1. The van der Waals surface area contributed by atoms with Gasteiger partial charge in [-0.25, -0.2) is 0 Å². The summed E-state index contributed by atoms with van der Waals surface area (Å²) >= 11 is 0. The number of hydrogen-bond acceptors (Lipinski definition) is 0. The predicted molar refractivity (Wildman–Crippen MR) is 57.2 cm³/mol. The van der Waals surface area contributed by atoms with E-state index in [1.807, 2.05) is 0 Å². The highest BCUT2D eigenvalue weighted by molar-refractivity contribution is 5.50. The van der Waals surface area contributed by atoms with Gasteiger partial charge < -0.3 is 0 Å². The minimum atomic E-state index is 0.672. The molecule has 0 N–H and O–H groups in total. The van der Waals surface area contributed by atoms with Crippen LogP contribution in [0.3, 0.4) is 0 Å². The molecule has 14 heavy (non-hydrogen) atoms. The predicted octanol–water partition coefficient (Wildman–Crippen LogP) is 3.24. The van der Waals surface area contributed by atoms with Crippen molar-refractivity contribution in [2.45, 2.75) is 11.8 Å². The van der Waals surface area contributed by atoms with E-state index in [2.05, 4.69) is 48.6 Å². The van der Waals surface area contributed by atoms with Crippen LogP contribution in [0.5, 0.6) is 0 Å². The fourth-order valence-corrected chi connectivity index (χ4v) is 3.32. The van der Waals surface area contributed by atoms with Gasteiger partial charge >= 0.3 is 0 Å². The third-order valence-electron chi connectivity index (χ3n) is 4.07. The maximum Gasteiger partial charge on any atom is 0.00899 e. The summed E-state index contributed by atoms with van der Waals surface area (Å²) < 4.78 is 0. The van der Waals surface area contributed by atoms with E-state index < -0.39 is 0 Å². The molecule has 0 spiro atoms. The summed E-state index contributed by atoms with van der Waals surface area (Å²) in [6, 6.07) is 8.95. The average molecular weight is 180 g/mol. The molecule has 0 saturated carbocycles. The molecule has 0 saturated heterocycles. The van der Waals surface area contributed by atoms with E-state index in [-0.39, 0.29) is 0 Å². The molecule has 68 valence electrons. The zero-order valence-corrected chi connectivity index (χ0v) is 7.93. The summed E-state index contributed by atoms with van der Waals surface area (Å²) in [5.74, 6) is 2.96. The van der Waals surface area contributed by atoms with E-state index in [1.165, 1.54) is 0 Å². The van der Waals surface area contributed by atoms with E-state index in [4.69, 9.17) is 0 Å². The van der Waals surface area contributed by atoms with Gasteiger partial charge in [-0.05, 0) is 23.0 Å². The molecule has 0 heteroatoms. The van der Waals surface area contributed by atoms with Gasteiger partial charge in [0.05, 0.1) is 0 Å². The SMILES string of the molecule is C1=C[C@@H]2[C@@H]1[C@H]1C=C[C@H]2c2ccccc21. The fraction of sp³-hybridized carbons (Fsp3) is 0.286. The van der Waals surface area contributed by atoms with Gasteiger partial charge in [0.25, 0.3) is 0 Å². The van der Waals surface area contributed by atoms with Crippen molar-refractivity contribution in [1.82, 2.24) is 0 Å². The van der Waals surface area contributed by atoms with Crippen LogP contribution in [0.15, 0.2) is 48.6 Å². The van der Waals surface area contributed by atoms with Gasteiger partial charge in [0, 0.05) is 11.8 Å². The lowest BCUT2D eigenvalue weighted by Gasteiger charge is -2.48. The molecule has 2 bridgehead atoms. The third kappa shape index (κ3) is 0.639. The Kier molecular flexibility index (Phi) is 1.11. The van der Waals surface area contributed by atoms with Crippen LogP contribution in [0.1, 0.15) is 23.0 Å². The van der Waals surface area contributed by atoms with Crippen LogP contribution in [0, 0.1) is 11.8 Å². The third-order valence-corrected chi connectivity index (χ3v) is 4.07. The van der Waals surface area contributed by atoms with Crippen molar-refractivity contribution in [3.05, 3.63) is 59.7 Å². The average Bonchev–Trinajstić information content (AvgIpc) is 2.19. The summed E-state index contributed by atoms with van der Waals surface area (Å²) in [7, 11) is 0. The monoisotopic (exact) mass is 180 g/mol. The van der Waals surface area contributed by atoms with E-state index in [9.17, 15) is 0 Å². The van der Waals surface area contributed by atoms with Crippen molar-refractivity contribution in [3.8, 4) is 0 Å². The molecule has 0 heterocycles. The Labute approximate surface area is 84.0 Å². The molecule has 0 nitrogen and oxygen atoms in total. The smallest absolute Gasteiger partial charge is 0.00899 e. The van der Waals surface area contributed by atoms with Gasteiger partial charge in [0.2, 0.25) is 0 Å². The van der Waals surface area contributed by atoms with Crippen LogP contribution in [0.25, 0.3) is 0 Å². The van der Waals surface area contributed by atoms with Crippen molar-refractivity contribution < 1.29 is 0 Å². The molecule has 0 aromatic heterocycles. The highest BCUT2D eigenvalue weighted by atomic mass is 14.5. The van der Waals surface area contributed by atoms with Gasteiger partial charge in [-0.3, -0.25) is 0 Å². The van der Waals surface area contributed by atoms with Crippen LogP contribution in [-0.4, -0.2) is 0 Å². The fourth-order valence-electron chi connectivity index (χ4n) is 3.32. The molecule has 1 aromatic rings. The zero-order chi connectivity index (χ0) is 9.12. The summed E-state index contributed by atoms with van der Waals surface area (Å²) in [5.41, 5.74) is 3.15. The summed E-state index contributed by atoms with van der Waals surface area (Å²) in [6.45, 7) is 0. The zero-order valence-electron chi connectivity index (χ0n) is 7.93. The Hall–Kier alpha value is -1.30. The second-order valence-corrected chi connectivity index (χ2v) is 4.60. The Balaban J connectivity index is 2.00. The van der Waals surface area contributed by atoms with Crippen molar-refractivity contribution >= 4 is 0 Å². The minimum Gasteiger partial charge on any atom is -0.0835 e. The van der Waals surface area contributed by atoms with Crippen molar-refractivity contribution in [2.75, 3.05) is 0 Å². The summed E-state index contributed by atoms with van der Waals surface area (Å²) in [5, 5.41) is 0. The van der Waals surface area contributed by atoms with Crippen molar-refractivity contribution in [3.63, 3.8) is 0 Å². The Morgan fingerprint density at radius 1 is 0.643 bits per heavy atom. The first-order valence-electron chi connectivity index (χ1n) is 5.40. The van der Waals surface area contributed by atoms with Crippen LogP contribution in [0.4, 0.5) is 0 Å². The quantitative estimate of drug-likeness (QED) is 0.538. The second-order valence-electron chi connectivity index (χ2n) is 4.60. The highest BCUT2D eigenvalue weighted by Gasteiger charge is 2.44. The molecule has 5 rings (SSSR count). The molecule has 0 amide bonds. The van der Waals surface area contributed by atoms with Gasteiger partial charge in [-0.1, -0.05) is 48.6 Å². The first kappa shape index (κ1) is 7.05. The minimum absolute atomic E-state index is 0.672. The van der Waals surface area contributed by atoms with Gasteiger partial charge in [-0.2, -0.15) is 0 Å². The van der Waals surface area contributed by atoms with Crippen LogP contribution < -0.4 is 0 Å². The lowest BCUT2D eigenvalue weighted by Crippen LogP contribution is -2.37. The molecule has 0 aliphatic heterocycles. The lowest BCUT2D eigenvalue weighted by molar-refractivity contribution is 0.317. The topological polar surface area (TPSA) is 0 Å². The second kappa shape index (κ2) is 2.20. The van der Waals surface area contributed by atoms with Crippen LogP contribution >= 0.6 is 0 Å².